The lowest BCUT2D eigenvalue weighted by Gasteiger charge is -2.19. The highest BCUT2D eigenvalue weighted by Crippen LogP contribution is 2.28. The summed E-state index contributed by atoms with van der Waals surface area (Å²) in [5.74, 6) is -0.320. The standard InChI is InChI=1S/C20H19FN2O3/c21-17-7-6-15(23-9-1-4-19(23)24)12-16(17)20(25)22-14-5-8-18-13(11-14)3-2-10-26-18/h5-8,11-12H,1-4,9-10H2,(H,22,25). The van der Waals surface area contributed by atoms with Crippen molar-refractivity contribution in [2.45, 2.75) is 25.7 Å². The SMILES string of the molecule is O=C(Nc1ccc2c(c1)CCCO2)c1cc(N2CCCC2=O)ccc1F. The second-order valence-electron chi connectivity index (χ2n) is 6.54. The van der Waals surface area contributed by atoms with Crippen LogP contribution in [0, 0.1) is 5.82 Å². The van der Waals surface area contributed by atoms with E-state index in [0.29, 0.717) is 30.9 Å². The number of anilines is 2. The molecule has 2 aliphatic heterocycles. The normalized spacial score (nSPS) is 16.2. The third-order valence-corrected chi connectivity index (χ3v) is 4.75. The van der Waals surface area contributed by atoms with Crippen LogP contribution in [0.1, 0.15) is 35.2 Å². The molecule has 0 radical (unpaired) electrons. The number of benzene rings is 2. The van der Waals surface area contributed by atoms with Crippen LogP contribution in [0.4, 0.5) is 15.8 Å². The molecule has 0 aromatic heterocycles. The average Bonchev–Trinajstić information content (AvgIpc) is 3.08. The van der Waals surface area contributed by atoms with Crippen molar-refractivity contribution >= 4 is 23.2 Å². The van der Waals surface area contributed by atoms with E-state index < -0.39 is 11.7 Å². The van der Waals surface area contributed by atoms with E-state index in [2.05, 4.69) is 5.32 Å². The number of aryl methyl sites for hydroxylation is 1. The lowest BCUT2D eigenvalue weighted by molar-refractivity contribution is -0.117. The van der Waals surface area contributed by atoms with Gasteiger partial charge in [0.25, 0.3) is 5.91 Å². The van der Waals surface area contributed by atoms with Gasteiger partial charge in [-0.3, -0.25) is 9.59 Å². The van der Waals surface area contributed by atoms with Crippen molar-refractivity contribution in [2.24, 2.45) is 0 Å². The van der Waals surface area contributed by atoms with Gasteiger partial charge in [0.1, 0.15) is 11.6 Å². The van der Waals surface area contributed by atoms with E-state index >= 15 is 0 Å². The molecule has 134 valence electrons. The molecule has 0 spiro atoms. The Balaban J connectivity index is 1.57. The molecule has 5 nitrogen and oxygen atoms in total. The number of hydrogen-bond donors (Lipinski definition) is 1. The zero-order valence-electron chi connectivity index (χ0n) is 14.3. The summed E-state index contributed by atoms with van der Waals surface area (Å²) < 4.78 is 19.8. The summed E-state index contributed by atoms with van der Waals surface area (Å²) in [5, 5.41) is 2.74. The van der Waals surface area contributed by atoms with Crippen LogP contribution < -0.4 is 15.0 Å². The minimum absolute atomic E-state index is 0.00217. The highest BCUT2D eigenvalue weighted by Gasteiger charge is 2.23. The van der Waals surface area contributed by atoms with Crippen LogP contribution in [0.2, 0.25) is 0 Å². The first-order valence-corrected chi connectivity index (χ1v) is 8.79. The third-order valence-electron chi connectivity index (χ3n) is 4.75. The monoisotopic (exact) mass is 354 g/mol. The molecule has 0 unspecified atom stereocenters. The molecule has 2 amide bonds. The second kappa shape index (κ2) is 6.78. The molecule has 2 aromatic rings. The fraction of sp³-hybridized carbons (Fsp3) is 0.300. The lowest BCUT2D eigenvalue weighted by Crippen LogP contribution is -2.24. The molecule has 4 rings (SSSR count). The number of nitrogens with zero attached hydrogens (tertiary/aromatic N) is 1. The molecular weight excluding hydrogens is 335 g/mol. The summed E-state index contributed by atoms with van der Waals surface area (Å²) in [7, 11) is 0. The van der Waals surface area contributed by atoms with Crippen molar-refractivity contribution in [1.82, 2.24) is 0 Å². The van der Waals surface area contributed by atoms with Crippen molar-refractivity contribution in [3.63, 3.8) is 0 Å². The average molecular weight is 354 g/mol. The molecule has 0 saturated carbocycles. The van der Waals surface area contributed by atoms with Gasteiger partial charge in [-0.25, -0.2) is 4.39 Å². The van der Waals surface area contributed by atoms with E-state index in [9.17, 15) is 14.0 Å². The van der Waals surface area contributed by atoms with E-state index in [1.807, 2.05) is 12.1 Å². The number of amides is 2. The van der Waals surface area contributed by atoms with Crippen molar-refractivity contribution in [2.75, 3.05) is 23.4 Å². The van der Waals surface area contributed by atoms with Crippen LogP contribution in [-0.4, -0.2) is 25.0 Å². The van der Waals surface area contributed by atoms with Crippen LogP contribution in [0.3, 0.4) is 0 Å². The maximum atomic E-state index is 14.2. The summed E-state index contributed by atoms with van der Waals surface area (Å²) in [6.45, 7) is 1.29. The molecule has 0 aliphatic carbocycles. The summed E-state index contributed by atoms with van der Waals surface area (Å²) in [6.07, 6.45) is 3.08. The Morgan fingerprint density at radius 3 is 2.81 bits per heavy atom. The van der Waals surface area contributed by atoms with Crippen molar-refractivity contribution in [3.8, 4) is 5.75 Å². The Morgan fingerprint density at radius 1 is 1.12 bits per heavy atom. The van der Waals surface area contributed by atoms with Crippen molar-refractivity contribution in [3.05, 3.63) is 53.3 Å². The van der Waals surface area contributed by atoms with Gasteiger partial charge in [0.15, 0.2) is 0 Å². The molecule has 2 heterocycles. The molecule has 6 heteroatoms. The highest BCUT2D eigenvalue weighted by atomic mass is 19.1. The fourth-order valence-electron chi connectivity index (χ4n) is 3.41. The number of rotatable bonds is 3. The van der Waals surface area contributed by atoms with Gasteiger partial charge in [-0.2, -0.15) is 0 Å². The van der Waals surface area contributed by atoms with Crippen LogP contribution in [0.25, 0.3) is 0 Å². The zero-order valence-corrected chi connectivity index (χ0v) is 14.3. The summed E-state index contributed by atoms with van der Waals surface area (Å²) in [6, 6.07) is 9.63. The molecular formula is C20H19FN2O3. The number of halogens is 1. The predicted molar refractivity (Wildman–Crippen MR) is 96.2 cm³/mol. The summed E-state index contributed by atoms with van der Waals surface area (Å²) in [4.78, 5) is 26.0. The quantitative estimate of drug-likeness (QED) is 0.917. The molecule has 1 fully saturated rings. The van der Waals surface area contributed by atoms with Gasteiger partial charge in [0, 0.05) is 24.3 Å². The minimum Gasteiger partial charge on any atom is -0.493 e. The van der Waals surface area contributed by atoms with Crippen LogP contribution in [0.5, 0.6) is 5.75 Å². The van der Waals surface area contributed by atoms with E-state index in [4.69, 9.17) is 4.74 Å². The Hall–Kier alpha value is -2.89. The number of carbonyl (C=O) groups excluding carboxylic acids is 2. The van der Waals surface area contributed by atoms with Crippen LogP contribution in [0.15, 0.2) is 36.4 Å². The lowest BCUT2D eigenvalue weighted by atomic mass is 10.1. The first-order chi connectivity index (χ1) is 12.6. The Kier molecular flexibility index (Phi) is 4.32. The molecule has 0 atom stereocenters. The molecule has 1 saturated heterocycles. The summed E-state index contributed by atoms with van der Waals surface area (Å²) in [5.41, 5.74) is 2.11. The number of nitrogens with one attached hydrogen (secondary N) is 1. The number of hydrogen-bond acceptors (Lipinski definition) is 3. The van der Waals surface area contributed by atoms with Crippen molar-refractivity contribution < 1.29 is 18.7 Å². The highest BCUT2D eigenvalue weighted by molar-refractivity contribution is 6.06. The first-order valence-electron chi connectivity index (χ1n) is 8.79. The van der Waals surface area contributed by atoms with Gasteiger partial charge in [-0.1, -0.05) is 0 Å². The minimum atomic E-state index is -0.612. The smallest absolute Gasteiger partial charge is 0.258 e. The number of fused-ring (bicyclic) bond motifs is 1. The maximum Gasteiger partial charge on any atom is 0.258 e. The Labute approximate surface area is 150 Å². The van der Waals surface area contributed by atoms with E-state index in [1.54, 1.807) is 11.0 Å². The van der Waals surface area contributed by atoms with Gasteiger partial charge in [-0.05, 0) is 61.2 Å². The maximum absolute atomic E-state index is 14.2. The van der Waals surface area contributed by atoms with E-state index in [-0.39, 0.29) is 11.5 Å². The van der Waals surface area contributed by atoms with Gasteiger partial charge < -0.3 is 15.0 Å². The largest absolute Gasteiger partial charge is 0.493 e. The predicted octanol–water partition coefficient (Wildman–Crippen LogP) is 3.53. The first kappa shape index (κ1) is 16.6. The van der Waals surface area contributed by atoms with Crippen molar-refractivity contribution in [1.29, 1.82) is 0 Å². The third kappa shape index (κ3) is 3.14. The Bertz CT molecular complexity index is 881. The van der Waals surface area contributed by atoms with E-state index in [0.717, 1.165) is 30.6 Å². The number of ether oxygens (including phenoxy) is 1. The molecule has 26 heavy (non-hydrogen) atoms. The van der Waals surface area contributed by atoms with E-state index in [1.165, 1.54) is 18.2 Å². The van der Waals surface area contributed by atoms with Gasteiger partial charge in [-0.15, -0.1) is 0 Å². The topological polar surface area (TPSA) is 58.6 Å². The Morgan fingerprint density at radius 2 is 2.00 bits per heavy atom. The molecule has 0 bridgehead atoms. The fourth-order valence-corrected chi connectivity index (χ4v) is 3.41. The van der Waals surface area contributed by atoms with Crippen LogP contribution in [-0.2, 0) is 11.2 Å². The number of carbonyl (C=O) groups is 2. The molecule has 2 aromatic carbocycles. The zero-order chi connectivity index (χ0) is 18.1. The molecule has 2 aliphatic rings. The summed E-state index contributed by atoms with van der Waals surface area (Å²) >= 11 is 0. The van der Waals surface area contributed by atoms with Gasteiger partial charge in [0.05, 0.1) is 12.2 Å². The van der Waals surface area contributed by atoms with Gasteiger partial charge in [0.2, 0.25) is 5.91 Å². The second-order valence-corrected chi connectivity index (χ2v) is 6.54. The van der Waals surface area contributed by atoms with Crippen LogP contribution >= 0.6 is 0 Å². The van der Waals surface area contributed by atoms with Gasteiger partial charge >= 0.3 is 0 Å². The molecule has 1 N–H and O–H groups in total.